The molecule has 0 aliphatic heterocycles. The number of hydrogen-bond donors (Lipinski definition) is 6. The van der Waals surface area contributed by atoms with Gasteiger partial charge >= 0.3 is 5.97 Å². The highest BCUT2D eigenvalue weighted by Crippen LogP contribution is 2.05. The van der Waals surface area contributed by atoms with Crippen LogP contribution in [0.2, 0.25) is 0 Å². The summed E-state index contributed by atoms with van der Waals surface area (Å²) in [6.45, 7) is 4.61. The van der Waals surface area contributed by atoms with Crippen molar-refractivity contribution in [3.8, 4) is 0 Å². The molecule has 0 heterocycles. The van der Waals surface area contributed by atoms with Gasteiger partial charge in [-0.25, -0.2) is 4.79 Å². The molecule has 0 saturated carbocycles. The summed E-state index contributed by atoms with van der Waals surface area (Å²) in [5.41, 5.74) is 5.79. The van der Waals surface area contributed by atoms with Gasteiger partial charge in [0.2, 0.25) is 17.7 Å². The molecule has 0 bridgehead atoms. The van der Waals surface area contributed by atoms with Crippen LogP contribution in [0.25, 0.3) is 0 Å². The highest BCUT2D eigenvalue weighted by atomic mass is 32.2. The van der Waals surface area contributed by atoms with E-state index in [9.17, 15) is 24.3 Å². The number of carboxylic acids is 1. The summed E-state index contributed by atoms with van der Waals surface area (Å²) in [6, 6.07) is -3.23. The number of amides is 3. The standard InChI is InChI=1S/C17H32N4O6S/c1-5-9(2)13(18)16(25)19-8-12(23)20-11(6-7-28-4)15(24)21-14(10(3)22)17(26)27/h9-11,13-14,22H,5-8,18H2,1-4H3,(H,19,25)(H,20,23)(H,21,24)(H,26,27). The first kappa shape index (κ1) is 26.1. The predicted molar refractivity (Wildman–Crippen MR) is 107 cm³/mol. The second kappa shape index (κ2) is 13.3. The van der Waals surface area contributed by atoms with Crippen LogP contribution in [0.5, 0.6) is 0 Å². The highest BCUT2D eigenvalue weighted by molar-refractivity contribution is 7.98. The summed E-state index contributed by atoms with van der Waals surface area (Å²) in [7, 11) is 0. The first-order valence-electron chi connectivity index (χ1n) is 9.07. The number of hydrogen-bond acceptors (Lipinski definition) is 7. The van der Waals surface area contributed by atoms with Crippen LogP contribution in [0.15, 0.2) is 0 Å². The van der Waals surface area contributed by atoms with E-state index in [1.165, 1.54) is 18.7 Å². The quantitative estimate of drug-likeness (QED) is 0.213. The second-order valence-electron chi connectivity index (χ2n) is 6.60. The Morgan fingerprint density at radius 2 is 1.71 bits per heavy atom. The lowest BCUT2D eigenvalue weighted by Gasteiger charge is -2.23. The van der Waals surface area contributed by atoms with E-state index in [-0.39, 0.29) is 18.9 Å². The van der Waals surface area contributed by atoms with E-state index in [0.717, 1.165) is 0 Å². The van der Waals surface area contributed by atoms with Crippen molar-refractivity contribution in [2.24, 2.45) is 11.7 Å². The lowest BCUT2D eigenvalue weighted by atomic mass is 9.99. The molecular weight excluding hydrogens is 388 g/mol. The van der Waals surface area contributed by atoms with Gasteiger partial charge in [-0.3, -0.25) is 14.4 Å². The third kappa shape index (κ3) is 9.38. The van der Waals surface area contributed by atoms with Gasteiger partial charge in [0.1, 0.15) is 6.04 Å². The molecule has 0 aliphatic carbocycles. The zero-order chi connectivity index (χ0) is 21.9. The van der Waals surface area contributed by atoms with Gasteiger partial charge in [0.05, 0.1) is 18.7 Å². The molecule has 11 heteroatoms. The molecule has 28 heavy (non-hydrogen) atoms. The first-order valence-corrected chi connectivity index (χ1v) is 10.5. The monoisotopic (exact) mass is 420 g/mol. The number of nitrogens with one attached hydrogen (secondary N) is 3. The average Bonchev–Trinajstić information content (AvgIpc) is 2.65. The Labute approximate surface area is 169 Å². The lowest BCUT2D eigenvalue weighted by molar-refractivity contribution is -0.145. The third-order valence-electron chi connectivity index (χ3n) is 4.29. The molecule has 0 radical (unpaired) electrons. The molecule has 0 aromatic carbocycles. The van der Waals surface area contributed by atoms with Crippen LogP contribution >= 0.6 is 11.8 Å². The van der Waals surface area contributed by atoms with Crippen LogP contribution in [0.1, 0.15) is 33.6 Å². The molecule has 0 aliphatic rings. The van der Waals surface area contributed by atoms with E-state index in [4.69, 9.17) is 10.8 Å². The SMILES string of the molecule is CCC(C)C(N)C(=O)NCC(=O)NC(CCSC)C(=O)NC(C(=O)O)C(C)O. The number of nitrogens with two attached hydrogens (primary N) is 1. The van der Waals surface area contributed by atoms with Gasteiger partial charge in [0, 0.05) is 0 Å². The fraction of sp³-hybridized carbons (Fsp3) is 0.765. The van der Waals surface area contributed by atoms with Gasteiger partial charge < -0.3 is 31.9 Å². The van der Waals surface area contributed by atoms with Gasteiger partial charge in [-0.1, -0.05) is 20.3 Å². The zero-order valence-electron chi connectivity index (χ0n) is 16.7. The fourth-order valence-electron chi connectivity index (χ4n) is 2.19. The molecule has 0 saturated heterocycles. The lowest BCUT2D eigenvalue weighted by Crippen LogP contribution is -2.56. The topological polar surface area (TPSA) is 171 Å². The van der Waals surface area contributed by atoms with Crippen molar-refractivity contribution in [1.29, 1.82) is 0 Å². The largest absolute Gasteiger partial charge is 0.480 e. The summed E-state index contributed by atoms with van der Waals surface area (Å²) < 4.78 is 0. The van der Waals surface area contributed by atoms with E-state index in [1.807, 2.05) is 20.1 Å². The number of rotatable bonds is 13. The molecule has 7 N–H and O–H groups in total. The van der Waals surface area contributed by atoms with Crippen molar-refractivity contribution < 1.29 is 29.4 Å². The van der Waals surface area contributed by atoms with Crippen LogP contribution in [-0.2, 0) is 19.2 Å². The van der Waals surface area contributed by atoms with Crippen molar-refractivity contribution >= 4 is 35.5 Å². The molecule has 0 spiro atoms. The van der Waals surface area contributed by atoms with E-state index < -0.39 is 47.9 Å². The van der Waals surface area contributed by atoms with Crippen LogP contribution in [-0.4, -0.2) is 76.7 Å². The normalized spacial score (nSPS) is 16.2. The van der Waals surface area contributed by atoms with Crippen molar-refractivity contribution in [1.82, 2.24) is 16.0 Å². The molecule has 5 unspecified atom stereocenters. The van der Waals surface area contributed by atoms with E-state index in [2.05, 4.69) is 16.0 Å². The van der Waals surface area contributed by atoms with E-state index in [0.29, 0.717) is 12.2 Å². The third-order valence-corrected chi connectivity index (χ3v) is 4.94. The second-order valence-corrected chi connectivity index (χ2v) is 7.58. The van der Waals surface area contributed by atoms with Gasteiger partial charge in [-0.05, 0) is 31.3 Å². The molecule has 0 aromatic heterocycles. The Morgan fingerprint density at radius 1 is 1.11 bits per heavy atom. The average molecular weight is 421 g/mol. The van der Waals surface area contributed by atoms with E-state index in [1.54, 1.807) is 0 Å². The van der Waals surface area contributed by atoms with Gasteiger partial charge in [-0.15, -0.1) is 0 Å². The Kier molecular flexibility index (Phi) is 12.5. The Morgan fingerprint density at radius 3 is 2.18 bits per heavy atom. The Balaban J connectivity index is 4.85. The minimum Gasteiger partial charge on any atom is -0.480 e. The minimum atomic E-state index is -1.49. The summed E-state index contributed by atoms with van der Waals surface area (Å²) in [5.74, 6) is -2.68. The Bertz CT molecular complexity index is 546. The molecule has 10 nitrogen and oxygen atoms in total. The first-order chi connectivity index (χ1) is 13.0. The van der Waals surface area contributed by atoms with Crippen LogP contribution in [0.4, 0.5) is 0 Å². The molecule has 162 valence electrons. The zero-order valence-corrected chi connectivity index (χ0v) is 17.5. The number of carbonyl (C=O) groups is 4. The maximum Gasteiger partial charge on any atom is 0.328 e. The number of aliphatic hydroxyl groups excluding tert-OH is 1. The molecule has 5 atom stereocenters. The van der Waals surface area contributed by atoms with Gasteiger partial charge in [0.25, 0.3) is 0 Å². The van der Waals surface area contributed by atoms with Crippen LogP contribution in [0, 0.1) is 5.92 Å². The molecule has 0 aromatic rings. The van der Waals surface area contributed by atoms with Crippen molar-refractivity contribution in [3.63, 3.8) is 0 Å². The fourth-order valence-corrected chi connectivity index (χ4v) is 2.66. The molecule has 0 fully saturated rings. The smallest absolute Gasteiger partial charge is 0.328 e. The Hall–Kier alpha value is -1.85. The maximum atomic E-state index is 12.4. The van der Waals surface area contributed by atoms with Gasteiger partial charge in [0.15, 0.2) is 6.04 Å². The summed E-state index contributed by atoms with van der Waals surface area (Å²) in [4.78, 5) is 47.6. The number of aliphatic hydroxyl groups is 1. The van der Waals surface area contributed by atoms with E-state index >= 15 is 0 Å². The molecular formula is C17H32N4O6S. The summed E-state index contributed by atoms with van der Waals surface area (Å²) >= 11 is 1.45. The highest BCUT2D eigenvalue weighted by Gasteiger charge is 2.29. The van der Waals surface area contributed by atoms with Crippen molar-refractivity contribution in [2.45, 2.75) is 57.8 Å². The van der Waals surface area contributed by atoms with Crippen molar-refractivity contribution in [3.05, 3.63) is 0 Å². The maximum absolute atomic E-state index is 12.4. The summed E-state index contributed by atoms with van der Waals surface area (Å²) in [5, 5.41) is 25.7. The van der Waals surface area contributed by atoms with Gasteiger partial charge in [-0.2, -0.15) is 11.8 Å². The number of carboxylic acid groups (broad SMARTS) is 1. The number of aliphatic carboxylic acids is 1. The number of carbonyl (C=O) groups excluding carboxylic acids is 3. The molecule has 3 amide bonds. The van der Waals surface area contributed by atoms with Crippen LogP contribution in [0.3, 0.4) is 0 Å². The van der Waals surface area contributed by atoms with Crippen molar-refractivity contribution in [2.75, 3.05) is 18.6 Å². The minimum absolute atomic E-state index is 0.0448. The van der Waals surface area contributed by atoms with Crippen LogP contribution < -0.4 is 21.7 Å². The number of thioether (sulfide) groups is 1. The summed E-state index contributed by atoms with van der Waals surface area (Å²) in [6.07, 6.45) is 1.49. The predicted octanol–water partition coefficient (Wildman–Crippen LogP) is -1.34. The molecule has 0 rings (SSSR count).